The van der Waals surface area contributed by atoms with Gasteiger partial charge in [0.2, 0.25) is 0 Å². The van der Waals surface area contributed by atoms with Crippen molar-refractivity contribution >= 4 is 15.9 Å². The monoisotopic (exact) mass is 335 g/mol. The second-order valence-corrected chi connectivity index (χ2v) is 5.96. The lowest BCUT2D eigenvalue weighted by Gasteiger charge is -2.21. The van der Waals surface area contributed by atoms with Crippen molar-refractivity contribution in [1.29, 1.82) is 0 Å². The Morgan fingerprint density at radius 2 is 1.85 bits per heavy atom. The lowest BCUT2D eigenvalue weighted by atomic mass is 9.99. The molecule has 0 bridgehead atoms. The second-order valence-electron chi connectivity index (χ2n) is 5.11. The van der Waals surface area contributed by atoms with E-state index in [0.717, 1.165) is 17.6 Å². The van der Waals surface area contributed by atoms with Gasteiger partial charge < -0.3 is 5.32 Å². The Morgan fingerprint density at radius 3 is 2.40 bits per heavy atom. The highest BCUT2D eigenvalue weighted by Crippen LogP contribution is 2.29. The van der Waals surface area contributed by atoms with Gasteiger partial charge in [-0.1, -0.05) is 36.2 Å². The molecular weight excluding hydrogens is 314 g/mol. The van der Waals surface area contributed by atoms with E-state index < -0.39 is 0 Å². The topological polar surface area (TPSA) is 29.9 Å². The van der Waals surface area contributed by atoms with Crippen LogP contribution in [-0.2, 0) is 6.54 Å². The number of halogens is 1. The van der Waals surface area contributed by atoms with Crippen molar-refractivity contribution in [1.82, 2.24) is 15.1 Å². The number of hydrogen-bond acceptors (Lipinski definition) is 2. The van der Waals surface area contributed by atoms with Gasteiger partial charge in [-0.05, 0) is 48.8 Å². The zero-order chi connectivity index (χ0) is 14.7. The first-order valence-corrected chi connectivity index (χ1v) is 7.88. The van der Waals surface area contributed by atoms with Crippen molar-refractivity contribution in [3.8, 4) is 0 Å². The summed E-state index contributed by atoms with van der Waals surface area (Å²) in [5.41, 5.74) is 5.07. The Labute approximate surface area is 129 Å². The first kappa shape index (κ1) is 15.3. The maximum Gasteiger partial charge on any atom is 0.0759 e. The van der Waals surface area contributed by atoms with Crippen LogP contribution in [0.25, 0.3) is 0 Å². The molecule has 108 valence electrons. The zero-order valence-corrected chi connectivity index (χ0v) is 14.2. The summed E-state index contributed by atoms with van der Waals surface area (Å²) in [4.78, 5) is 0. The third-order valence-electron chi connectivity index (χ3n) is 3.39. The number of nitrogens with one attached hydrogen (secondary N) is 1. The van der Waals surface area contributed by atoms with Gasteiger partial charge >= 0.3 is 0 Å². The lowest BCUT2D eigenvalue weighted by Crippen LogP contribution is -2.25. The maximum absolute atomic E-state index is 4.44. The molecule has 0 fully saturated rings. The number of nitrogens with zero attached hydrogens (tertiary/aromatic N) is 2. The van der Waals surface area contributed by atoms with E-state index in [-0.39, 0.29) is 6.04 Å². The molecular formula is C16H22BrN3. The molecule has 0 spiro atoms. The van der Waals surface area contributed by atoms with Crippen LogP contribution < -0.4 is 5.32 Å². The van der Waals surface area contributed by atoms with Gasteiger partial charge in [-0.15, -0.1) is 0 Å². The highest BCUT2D eigenvalue weighted by molar-refractivity contribution is 9.10. The summed E-state index contributed by atoms with van der Waals surface area (Å²) in [5, 5.41) is 8.02. The first-order valence-electron chi connectivity index (χ1n) is 7.09. The molecule has 1 aromatic heterocycles. The van der Waals surface area contributed by atoms with Crippen molar-refractivity contribution in [2.75, 3.05) is 6.54 Å². The predicted molar refractivity (Wildman–Crippen MR) is 87.0 cm³/mol. The Bertz CT molecular complexity index is 569. The Morgan fingerprint density at radius 1 is 1.20 bits per heavy atom. The minimum atomic E-state index is 0.162. The first-order chi connectivity index (χ1) is 9.56. The van der Waals surface area contributed by atoms with Gasteiger partial charge in [0.25, 0.3) is 0 Å². The van der Waals surface area contributed by atoms with Crippen LogP contribution in [-0.4, -0.2) is 16.3 Å². The lowest BCUT2D eigenvalue weighted by molar-refractivity contribution is 0.540. The van der Waals surface area contributed by atoms with Crippen LogP contribution in [0.5, 0.6) is 0 Å². The summed E-state index contributed by atoms with van der Waals surface area (Å²) in [6.07, 6.45) is 1.88. The third-order valence-corrected chi connectivity index (χ3v) is 4.00. The van der Waals surface area contributed by atoms with E-state index in [1.165, 1.54) is 22.4 Å². The maximum atomic E-state index is 4.44. The van der Waals surface area contributed by atoms with Crippen LogP contribution >= 0.6 is 15.9 Å². The number of aromatic nitrogens is 2. The minimum Gasteiger partial charge on any atom is -0.305 e. The molecule has 3 nitrogen and oxygen atoms in total. The molecule has 0 saturated carbocycles. The van der Waals surface area contributed by atoms with E-state index in [1.807, 2.05) is 6.20 Å². The molecule has 2 aromatic rings. The zero-order valence-electron chi connectivity index (χ0n) is 12.6. The van der Waals surface area contributed by atoms with Gasteiger partial charge in [0.15, 0.2) is 0 Å². The van der Waals surface area contributed by atoms with Crippen molar-refractivity contribution in [2.45, 2.75) is 40.3 Å². The van der Waals surface area contributed by atoms with Crippen molar-refractivity contribution in [2.24, 2.45) is 0 Å². The van der Waals surface area contributed by atoms with E-state index in [2.05, 4.69) is 76.9 Å². The molecule has 0 saturated heterocycles. The molecule has 20 heavy (non-hydrogen) atoms. The quantitative estimate of drug-likeness (QED) is 0.895. The van der Waals surface area contributed by atoms with Gasteiger partial charge in [-0.3, -0.25) is 4.68 Å². The van der Waals surface area contributed by atoms with Gasteiger partial charge in [0.1, 0.15) is 0 Å². The molecule has 1 unspecified atom stereocenters. The number of rotatable bonds is 5. The molecule has 0 aliphatic carbocycles. The van der Waals surface area contributed by atoms with Crippen LogP contribution in [0.1, 0.15) is 42.3 Å². The minimum absolute atomic E-state index is 0.162. The van der Waals surface area contributed by atoms with Crippen LogP contribution in [0.15, 0.2) is 28.9 Å². The fourth-order valence-corrected chi connectivity index (χ4v) is 3.19. The Balaban J connectivity index is 2.52. The predicted octanol–water partition coefficient (Wildman–Crippen LogP) is 3.98. The number of aryl methyl sites for hydroxylation is 3. The van der Waals surface area contributed by atoms with Crippen LogP contribution in [0.3, 0.4) is 0 Å². The Hall–Kier alpha value is -1.13. The average Bonchev–Trinajstić information content (AvgIpc) is 2.76. The van der Waals surface area contributed by atoms with Gasteiger partial charge in [-0.2, -0.15) is 5.10 Å². The van der Waals surface area contributed by atoms with Gasteiger partial charge in [-0.25, -0.2) is 0 Å². The van der Waals surface area contributed by atoms with E-state index >= 15 is 0 Å². The number of benzene rings is 1. The fourth-order valence-electron chi connectivity index (χ4n) is 2.66. The van der Waals surface area contributed by atoms with Crippen LogP contribution in [0.4, 0.5) is 0 Å². The molecule has 0 radical (unpaired) electrons. The van der Waals surface area contributed by atoms with Crippen molar-refractivity contribution in [3.63, 3.8) is 0 Å². The van der Waals surface area contributed by atoms with E-state index in [9.17, 15) is 0 Å². The molecule has 1 N–H and O–H groups in total. The van der Waals surface area contributed by atoms with Crippen LogP contribution in [0, 0.1) is 13.8 Å². The summed E-state index contributed by atoms with van der Waals surface area (Å²) < 4.78 is 3.11. The van der Waals surface area contributed by atoms with E-state index in [0.29, 0.717) is 0 Å². The molecule has 4 heteroatoms. The smallest absolute Gasteiger partial charge is 0.0759 e. The highest BCUT2D eigenvalue weighted by atomic mass is 79.9. The standard InChI is InChI=1S/C16H22BrN3/c1-5-18-15(13-8-11(3)7-12(4)9-13)16-14(17)10-19-20(16)6-2/h7-10,15,18H,5-6H2,1-4H3. The molecule has 0 aliphatic rings. The Kier molecular flexibility index (Phi) is 5.00. The van der Waals surface area contributed by atoms with E-state index in [4.69, 9.17) is 0 Å². The summed E-state index contributed by atoms with van der Waals surface area (Å²) in [5.74, 6) is 0. The summed E-state index contributed by atoms with van der Waals surface area (Å²) in [6, 6.07) is 6.87. The fraction of sp³-hybridized carbons (Fsp3) is 0.438. The molecule has 1 aromatic carbocycles. The SMILES string of the molecule is CCNC(c1cc(C)cc(C)c1)c1c(Br)cnn1CC. The normalized spacial score (nSPS) is 12.7. The summed E-state index contributed by atoms with van der Waals surface area (Å²) in [6.45, 7) is 10.3. The molecule has 1 atom stereocenters. The van der Waals surface area contributed by atoms with E-state index in [1.54, 1.807) is 0 Å². The third kappa shape index (κ3) is 3.13. The summed E-state index contributed by atoms with van der Waals surface area (Å²) in [7, 11) is 0. The molecule has 0 aliphatic heterocycles. The number of hydrogen-bond donors (Lipinski definition) is 1. The molecule has 0 amide bonds. The molecule has 1 heterocycles. The van der Waals surface area contributed by atoms with Crippen LogP contribution in [0.2, 0.25) is 0 Å². The van der Waals surface area contributed by atoms with Gasteiger partial charge in [0.05, 0.1) is 22.4 Å². The second kappa shape index (κ2) is 6.55. The van der Waals surface area contributed by atoms with Crippen molar-refractivity contribution < 1.29 is 0 Å². The molecule has 2 rings (SSSR count). The largest absolute Gasteiger partial charge is 0.305 e. The highest BCUT2D eigenvalue weighted by Gasteiger charge is 2.21. The van der Waals surface area contributed by atoms with Gasteiger partial charge in [0, 0.05) is 6.54 Å². The van der Waals surface area contributed by atoms with Crippen molar-refractivity contribution in [3.05, 3.63) is 51.3 Å². The average molecular weight is 336 g/mol. The summed E-state index contributed by atoms with van der Waals surface area (Å²) >= 11 is 3.64.